The lowest BCUT2D eigenvalue weighted by molar-refractivity contribution is -0.152. The summed E-state index contributed by atoms with van der Waals surface area (Å²) >= 11 is 1.37. The van der Waals surface area contributed by atoms with Crippen molar-refractivity contribution < 1.29 is 32.2 Å². The first kappa shape index (κ1) is 29.3. The Balaban J connectivity index is 1.47. The number of carbonyl (C=O) groups is 2. The monoisotopic (exact) mass is 604 g/mol. The van der Waals surface area contributed by atoms with Crippen LogP contribution in [0.15, 0.2) is 46.0 Å². The van der Waals surface area contributed by atoms with Crippen LogP contribution in [0.1, 0.15) is 61.7 Å². The van der Waals surface area contributed by atoms with Crippen LogP contribution < -0.4 is 5.32 Å². The first-order chi connectivity index (χ1) is 19.5. The van der Waals surface area contributed by atoms with Crippen molar-refractivity contribution in [3.63, 3.8) is 0 Å². The Hall–Kier alpha value is -3.16. The van der Waals surface area contributed by atoms with Crippen molar-refractivity contribution >= 4 is 39.1 Å². The fourth-order valence-electron chi connectivity index (χ4n) is 5.86. The minimum Gasteiger partial charge on any atom is -0.481 e. The topological polar surface area (TPSA) is 138 Å². The molecule has 1 aliphatic carbocycles. The van der Waals surface area contributed by atoms with Crippen LogP contribution in [0.4, 0.5) is 4.39 Å². The minimum atomic E-state index is -3.66. The van der Waals surface area contributed by atoms with Gasteiger partial charge < -0.3 is 15.2 Å². The summed E-state index contributed by atoms with van der Waals surface area (Å²) in [7, 11) is -3.66. The Morgan fingerprint density at radius 3 is 2.59 bits per heavy atom. The summed E-state index contributed by atoms with van der Waals surface area (Å²) in [6, 6.07) is 3.84. The molecule has 1 saturated heterocycles. The molecule has 41 heavy (non-hydrogen) atoms. The normalized spacial score (nSPS) is 25.7. The molecule has 0 bridgehead atoms. The fraction of sp³-hybridized carbons (Fsp3) is 0.500. The highest BCUT2D eigenvalue weighted by Crippen LogP contribution is 2.46. The number of aromatic nitrogens is 1. The highest BCUT2D eigenvalue weighted by atomic mass is 32.2. The van der Waals surface area contributed by atoms with Gasteiger partial charge in [-0.15, -0.1) is 11.3 Å². The Kier molecular flexibility index (Phi) is 8.05. The first-order valence-corrected chi connectivity index (χ1v) is 16.0. The second-order valence-corrected chi connectivity index (χ2v) is 14.1. The Morgan fingerprint density at radius 2 is 1.98 bits per heavy atom. The van der Waals surface area contributed by atoms with Gasteiger partial charge in [0.2, 0.25) is 10.0 Å². The van der Waals surface area contributed by atoms with E-state index < -0.39 is 44.5 Å². The molecule has 3 aliphatic rings. The van der Waals surface area contributed by atoms with Crippen molar-refractivity contribution in [1.29, 1.82) is 0 Å². The van der Waals surface area contributed by atoms with E-state index >= 15 is 0 Å². The van der Waals surface area contributed by atoms with Crippen LogP contribution in [0, 0.1) is 24.1 Å². The van der Waals surface area contributed by atoms with E-state index in [1.807, 2.05) is 5.38 Å². The number of halogens is 1. The summed E-state index contributed by atoms with van der Waals surface area (Å²) in [5, 5.41) is 14.4. The Morgan fingerprint density at radius 1 is 1.27 bits per heavy atom. The smallest absolute Gasteiger partial charge is 0.338 e. The van der Waals surface area contributed by atoms with Gasteiger partial charge in [0.1, 0.15) is 11.9 Å². The molecule has 1 saturated carbocycles. The van der Waals surface area contributed by atoms with Crippen LogP contribution in [0.3, 0.4) is 0 Å². The molecule has 220 valence electrons. The SMILES string of the molecule is CCOC(=O)C1=C(C2CCN(S(=O)(=O)[C@H]3C[C@](C)(C(=O)O)C3)CC2)NC(c2nccs2)=N[C@H]1c1cccc(F)c1C. The number of sulfonamides is 1. The number of ether oxygens (including phenoxy) is 1. The molecule has 1 aromatic heterocycles. The summed E-state index contributed by atoms with van der Waals surface area (Å²) in [6.45, 7) is 5.52. The van der Waals surface area contributed by atoms with Gasteiger partial charge in [-0.3, -0.25) is 9.79 Å². The predicted molar refractivity (Wildman–Crippen MR) is 151 cm³/mol. The maximum Gasteiger partial charge on any atom is 0.338 e. The molecule has 0 amide bonds. The highest BCUT2D eigenvalue weighted by molar-refractivity contribution is 7.89. The molecular weight excluding hydrogens is 571 g/mol. The molecule has 0 spiro atoms. The molecule has 13 heteroatoms. The summed E-state index contributed by atoms with van der Waals surface area (Å²) in [5.41, 5.74) is 0.747. The van der Waals surface area contributed by atoms with Crippen molar-refractivity contribution in [3.05, 3.63) is 63.0 Å². The Bertz CT molecular complexity index is 1510. The largest absolute Gasteiger partial charge is 0.481 e. The molecular formula is C28H33FN4O6S2. The molecule has 10 nitrogen and oxygen atoms in total. The molecule has 0 unspecified atom stereocenters. The van der Waals surface area contributed by atoms with E-state index in [-0.39, 0.29) is 44.0 Å². The van der Waals surface area contributed by atoms with Crippen molar-refractivity contribution in [2.24, 2.45) is 16.3 Å². The zero-order valence-corrected chi connectivity index (χ0v) is 24.7. The summed E-state index contributed by atoms with van der Waals surface area (Å²) in [5.74, 6) is -1.74. The average molecular weight is 605 g/mol. The van der Waals surface area contributed by atoms with Gasteiger partial charge in [0.25, 0.3) is 0 Å². The number of carboxylic acid groups (broad SMARTS) is 1. The van der Waals surface area contributed by atoms with E-state index in [9.17, 15) is 27.5 Å². The van der Waals surface area contributed by atoms with Crippen molar-refractivity contribution in [2.45, 2.75) is 57.7 Å². The van der Waals surface area contributed by atoms with Crippen molar-refractivity contribution in [1.82, 2.24) is 14.6 Å². The van der Waals surface area contributed by atoms with Crippen LogP contribution >= 0.6 is 11.3 Å². The van der Waals surface area contributed by atoms with Gasteiger partial charge in [-0.05, 0) is 63.6 Å². The number of hydrogen-bond donors (Lipinski definition) is 2. The van der Waals surface area contributed by atoms with Crippen LogP contribution in [-0.2, 0) is 24.3 Å². The lowest BCUT2D eigenvalue weighted by atomic mass is 9.70. The number of carboxylic acids is 1. The van der Waals surface area contributed by atoms with Gasteiger partial charge in [-0.25, -0.2) is 26.9 Å². The number of nitrogens with zero attached hydrogens (tertiary/aromatic N) is 3. The lowest BCUT2D eigenvalue weighted by Crippen LogP contribution is -2.54. The van der Waals surface area contributed by atoms with E-state index in [1.54, 1.807) is 39.1 Å². The minimum absolute atomic E-state index is 0.0899. The number of rotatable bonds is 8. The number of thiazole rings is 1. The number of piperidine rings is 1. The first-order valence-electron chi connectivity index (χ1n) is 13.6. The number of allylic oxidation sites excluding steroid dienone is 1. The van der Waals surface area contributed by atoms with Crippen LogP contribution in [0.2, 0.25) is 0 Å². The van der Waals surface area contributed by atoms with Gasteiger partial charge >= 0.3 is 11.9 Å². The number of benzene rings is 1. The van der Waals surface area contributed by atoms with Gasteiger partial charge in [-0.1, -0.05) is 12.1 Å². The molecule has 0 radical (unpaired) electrons. The molecule has 3 heterocycles. The quantitative estimate of drug-likeness (QED) is 0.434. The van der Waals surface area contributed by atoms with Crippen LogP contribution in [0.25, 0.3) is 0 Å². The van der Waals surface area contributed by atoms with Crippen LogP contribution in [0.5, 0.6) is 0 Å². The fourth-order valence-corrected chi connectivity index (χ4v) is 8.74. The molecule has 2 N–H and O–H groups in total. The summed E-state index contributed by atoms with van der Waals surface area (Å²) in [6.07, 6.45) is 2.68. The van der Waals surface area contributed by atoms with Crippen molar-refractivity contribution in [3.8, 4) is 0 Å². The second kappa shape index (κ2) is 11.3. The number of hydrogen-bond acceptors (Lipinski definition) is 9. The van der Waals surface area contributed by atoms with E-state index in [4.69, 9.17) is 9.73 Å². The molecule has 2 fully saturated rings. The third kappa shape index (κ3) is 5.42. The zero-order valence-electron chi connectivity index (χ0n) is 23.1. The number of nitrogens with one attached hydrogen (secondary N) is 1. The van der Waals surface area contributed by atoms with E-state index in [1.165, 1.54) is 21.7 Å². The highest BCUT2D eigenvalue weighted by Gasteiger charge is 2.53. The lowest BCUT2D eigenvalue weighted by Gasteiger charge is -2.44. The van der Waals surface area contributed by atoms with Gasteiger partial charge in [-0.2, -0.15) is 0 Å². The number of aliphatic imine (C=N–C) groups is 1. The van der Waals surface area contributed by atoms with E-state index in [0.29, 0.717) is 40.5 Å². The van der Waals surface area contributed by atoms with Gasteiger partial charge in [0, 0.05) is 36.3 Å². The van der Waals surface area contributed by atoms with E-state index in [0.717, 1.165) is 0 Å². The molecule has 1 aromatic carbocycles. The Labute approximate surface area is 242 Å². The standard InChI is InChI=1S/C28H33FN4O6S2/c1-4-39-26(34)21-22(17-8-11-33(12-9-17)41(37,38)18-14-28(3,15-18)27(35)36)31-24(25-30-10-13-40-25)32-23(21)19-6-5-7-20(29)16(19)2/h5-7,10,13,17-18,23H,4,8-9,11-12,14-15H2,1-3H3,(H,31,32)(H,35,36)/t18-,23-,28-/m0/s1. The maximum atomic E-state index is 14.7. The summed E-state index contributed by atoms with van der Waals surface area (Å²) in [4.78, 5) is 34.1. The third-order valence-corrected chi connectivity index (χ3v) is 11.4. The number of esters is 1. The average Bonchev–Trinajstić information content (AvgIpc) is 3.47. The molecule has 2 aliphatic heterocycles. The van der Waals surface area contributed by atoms with Crippen molar-refractivity contribution in [2.75, 3.05) is 19.7 Å². The third-order valence-electron chi connectivity index (χ3n) is 8.33. The maximum absolute atomic E-state index is 14.7. The van der Waals surface area contributed by atoms with Crippen LogP contribution in [-0.4, -0.2) is 65.5 Å². The van der Waals surface area contributed by atoms with Gasteiger partial charge in [0.05, 0.1) is 22.8 Å². The molecule has 5 rings (SSSR count). The molecule has 1 atom stereocenters. The number of amidine groups is 1. The second-order valence-electron chi connectivity index (χ2n) is 11.0. The summed E-state index contributed by atoms with van der Waals surface area (Å²) < 4.78 is 48.2. The predicted octanol–water partition coefficient (Wildman–Crippen LogP) is 3.79. The molecule has 2 aromatic rings. The number of aliphatic carboxylic acids is 1. The van der Waals surface area contributed by atoms with E-state index in [2.05, 4.69) is 10.3 Å². The van der Waals surface area contributed by atoms with Gasteiger partial charge in [0.15, 0.2) is 10.8 Å². The number of carbonyl (C=O) groups excluding carboxylic acids is 1. The zero-order chi connectivity index (χ0) is 29.5.